The summed E-state index contributed by atoms with van der Waals surface area (Å²) >= 11 is 12.8. The fourth-order valence-corrected chi connectivity index (χ4v) is 2.03. The number of rotatable bonds is 4. The number of hydrogen-bond acceptors (Lipinski definition) is 2. The average Bonchev–Trinajstić information content (AvgIpc) is 2.59. The maximum absolute atomic E-state index is 11.3. The minimum atomic E-state index is -0.146. The number of carbonyl (C=O) groups is 1. The van der Waals surface area contributed by atoms with Gasteiger partial charge in [-0.2, -0.15) is 0 Å². The Balaban J connectivity index is 2.37. The first kappa shape index (κ1) is 11.8. The molecule has 1 atom stereocenters. The largest absolute Gasteiger partial charge is 0.351 e. The first-order valence-electron chi connectivity index (χ1n) is 4.21. The number of amides is 1. The third-order valence-electron chi connectivity index (χ3n) is 1.74. The number of carbonyl (C=O) groups excluding carboxylic acids is 1. The second-order valence-electron chi connectivity index (χ2n) is 2.98. The summed E-state index contributed by atoms with van der Waals surface area (Å²) in [5.74, 6) is 0.174. The molecule has 0 saturated heterocycles. The van der Waals surface area contributed by atoms with E-state index in [1.807, 2.05) is 12.1 Å². The fraction of sp³-hybridized carbons (Fsp3) is 0.444. The van der Waals surface area contributed by atoms with Crippen LogP contribution in [0.1, 0.15) is 11.8 Å². The number of thiophene rings is 1. The highest BCUT2D eigenvalue weighted by Gasteiger charge is 2.10. The molecule has 0 spiro atoms. The molecule has 0 aliphatic heterocycles. The van der Waals surface area contributed by atoms with Crippen molar-refractivity contribution in [1.29, 1.82) is 0 Å². The first-order valence-corrected chi connectivity index (χ1v) is 5.94. The van der Waals surface area contributed by atoms with E-state index in [4.69, 9.17) is 23.2 Å². The van der Waals surface area contributed by atoms with Crippen LogP contribution in [0.15, 0.2) is 12.1 Å². The molecule has 0 aliphatic carbocycles. The summed E-state index contributed by atoms with van der Waals surface area (Å²) in [6, 6.07) is 3.72. The first-order chi connectivity index (χ1) is 6.63. The van der Waals surface area contributed by atoms with Crippen molar-refractivity contribution in [2.45, 2.75) is 13.5 Å². The van der Waals surface area contributed by atoms with E-state index in [2.05, 4.69) is 5.32 Å². The summed E-state index contributed by atoms with van der Waals surface area (Å²) < 4.78 is 0.736. The van der Waals surface area contributed by atoms with E-state index >= 15 is 0 Å². The van der Waals surface area contributed by atoms with Crippen LogP contribution in [-0.2, 0) is 11.3 Å². The van der Waals surface area contributed by atoms with Crippen molar-refractivity contribution in [1.82, 2.24) is 5.32 Å². The Morgan fingerprint density at radius 3 is 2.86 bits per heavy atom. The van der Waals surface area contributed by atoms with Gasteiger partial charge in [0.15, 0.2) is 0 Å². The van der Waals surface area contributed by atoms with Gasteiger partial charge in [0.2, 0.25) is 5.91 Å². The van der Waals surface area contributed by atoms with E-state index in [9.17, 15) is 4.79 Å². The molecule has 1 amide bonds. The van der Waals surface area contributed by atoms with Gasteiger partial charge in [0.1, 0.15) is 0 Å². The molecule has 1 aromatic rings. The molecular weight excluding hydrogens is 241 g/mol. The van der Waals surface area contributed by atoms with Crippen molar-refractivity contribution in [3.05, 3.63) is 21.3 Å². The van der Waals surface area contributed by atoms with Crippen LogP contribution < -0.4 is 5.32 Å². The molecule has 0 radical (unpaired) electrons. The van der Waals surface area contributed by atoms with E-state index in [0.717, 1.165) is 9.21 Å². The maximum Gasteiger partial charge on any atom is 0.224 e. The molecule has 5 heteroatoms. The van der Waals surface area contributed by atoms with Crippen molar-refractivity contribution in [3.63, 3.8) is 0 Å². The summed E-state index contributed by atoms with van der Waals surface area (Å²) in [5, 5.41) is 2.79. The zero-order chi connectivity index (χ0) is 10.6. The molecular formula is C9H11Cl2NOS. The molecule has 1 rings (SSSR count). The SMILES string of the molecule is CC(CCl)C(=O)NCc1ccc(Cl)s1. The molecule has 0 aromatic carbocycles. The second kappa shape index (κ2) is 5.59. The predicted molar refractivity (Wildman–Crippen MR) is 61.1 cm³/mol. The van der Waals surface area contributed by atoms with Gasteiger partial charge in [-0.3, -0.25) is 4.79 Å². The van der Waals surface area contributed by atoms with E-state index in [0.29, 0.717) is 12.4 Å². The lowest BCUT2D eigenvalue weighted by Crippen LogP contribution is -2.29. The Hall–Kier alpha value is -0.250. The van der Waals surface area contributed by atoms with Crippen LogP contribution in [0.5, 0.6) is 0 Å². The average molecular weight is 252 g/mol. The molecule has 0 saturated carbocycles. The molecule has 78 valence electrons. The minimum Gasteiger partial charge on any atom is -0.351 e. The van der Waals surface area contributed by atoms with Crippen LogP contribution in [0.2, 0.25) is 4.34 Å². The van der Waals surface area contributed by atoms with Crippen molar-refractivity contribution >= 4 is 40.4 Å². The standard InChI is InChI=1S/C9H11Cl2NOS/c1-6(4-10)9(13)12-5-7-2-3-8(11)14-7/h2-3,6H,4-5H2,1H3,(H,12,13). The van der Waals surface area contributed by atoms with Crippen molar-refractivity contribution < 1.29 is 4.79 Å². The lowest BCUT2D eigenvalue weighted by atomic mass is 10.2. The monoisotopic (exact) mass is 251 g/mol. The fourth-order valence-electron chi connectivity index (χ4n) is 0.865. The van der Waals surface area contributed by atoms with Crippen LogP contribution in [-0.4, -0.2) is 11.8 Å². The minimum absolute atomic E-state index is 0.0236. The quantitative estimate of drug-likeness (QED) is 0.820. The van der Waals surface area contributed by atoms with E-state index < -0.39 is 0 Å². The molecule has 14 heavy (non-hydrogen) atoms. The van der Waals surface area contributed by atoms with Crippen LogP contribution in [0.3, 0.4) is 0 Å². The molecule has 1 heterocycles. The van der Waals surface area contributed by atoms with Crippen molar-refractivity contribution in [2.75, 3.05) is 5.88 Å². The van der Waals surface area contributed by atoms with Gasteiger partial charge in [0, 0.05) is 16.7 Å². The Labute approximate surface area is 97.2 Å². The second-order valence-corrected chi connectivity index (χ2v) is 5.09. The number of nitrogens with one attached hydrogen (secondary N) is 1. The van der Waals surface area contributed by atoms with Crippen LogP contribution >= 0.6 is 34.5 Å². The summed E-state index contributed by atoms with van der Waals surface area (Å²) in [6.45, 7) is 2.32. The third kappa shape index (κ3) is 3.48. The van der Waals surface area contributed by atoms with E-state index in [-0.39, 0.29) is 11.8 Å². The lowest BCUT2D eigenvalue weighted by molar-refractivity contribution is -0.124. The molecule has 0 bridgehead atoms. The summed E-state index contributed by atoms with van der Waals surface area (Å²) in [6.07, 6.45) is 0. The van der Waals surface area contributed by atoms with Gasteiger partial charge in [-0.1, -0.05) is 18.5 Å². The Morgan fingerprint density at radius 1 is 1.64 bits per heavy atom. The summed E-state index contributed by atoms with van der Waals surface area (Å²) in [4.78, 5) is 12.4. The van der Waals surface area contributed by atoms with E-state index in [1.54, 1.807) is 6.92 Å². The number of alkyl halides is 1. The highest BCUT2D eigenvalue weighted by Crippen LogP contribution is 2.21. The van der Waals surface area contributed by atoms with Gasteiger partial charge in [0.05, 0.1) is 10.9 Å². The Morgan fingerprint density at radius 2 is 2.36 bits per heavy atom. The van der Waals surface area contributed by atoms with Gasteiger partial charge >= 0.3 is 0 Å². The smallest absolute Gasteiger partial charge is 0.224 e. The summed E-state index contributed by atoms with van der Waals surface area (Å²) in [7, 11) is 0. The Kier molecular flexibility index (Phi) is 4.72. The topological polar surface area (TPSA) is 29.1 Å². The highest BCUT2D eigenvalue weighted by molar-refractivity contribution is 7.16. The lowest BCUT2D eigenvalue weighted by Gasteiger charge is -2.07. The zero-order valence-corrected chi connectivity index (χ0v) is 10.0. The predicted octanol–water partition coefficient (Wildman–Crippen LogP) is 2.89. The van der Waals surface area contributed by atoms with Gasteiger partial charge < -0.3 is 5.32 Å². The third-order valence-corrected chi connectivity index (χ3v) is 3.44. The van der Waals surface area contributed by atoms with Gasteiger partial charge in [0.25, 0.3) is 0 Å². The van der Waals surface area contributed by atoms with Crippen LogP contribution in [0.4, 0.5) is 0 Å². The van der Waals surface area contributed by atoms with Crippen molar-refractivity contribution in [2.24, 2.45) is 5.92 Å². The van der Waals surface area contributed by atoms with Crippen LogP contribution in [0.25, 0.3) is 0 Å². The molecule has 1 N–H and O–H groups in total. The Bertz CT molecular complexity index is 314. The normalized spacial score (nSPS) is 12.5. The molecule has 2 nitrogen and oxygen atoms in total. The number of hydrogen-bond donors (Lipinski definition) is 1. The maximum atomic E-state index is 11.3. The summed E-state index contributed by atoms with van der Waals surface area (Å²) in [5.41, 5.74) is 0. The van der Waals surface area contributed by atoms with Crippen LogP contribution in [0, 0.1) is 5.92 Å². The molecule has 1 unspecified atom stereocenters. The highest BCUT2D eigenvalue weighted by atomic mass is 35.5. The van der Waals surface area contributed by atoms with Gasteiger partial charge in [-0.25, -0.2) is 0 Å². The number of halogens is 2. The van der Waals surface area contributed by atoms with Crippen molar-refractivity contribution in [3.8, 4) is 0 Å². The molecule has 1 aromatic heterocycles. The van der Waals surface area contributed by atoms with Gasteiger partial charge in [-0.05, 0) is 12.1 Å². The molecule has 0 fully saturated rings. The molecule has 0 aliphatic rings. The van der Waals surface area contributed by atoms with E-state index in [1.165, 1.54) is 11.3 Å². The van der Waals surface area contributed by atoms with Gasteiger partial charge in [-0.15, -0.1) is 22.9 Å². The zero-order valence-electron chi connectivity index (χ0n) is 7.72.